The van der Waals surface area contributed by atoms with Gasteiger partial charge < -0.3 is 9.47 Å². The van der Waals surface area contributed by atoms with Crippen LogP contribution in [-0.4, -0.2) is 23.0 Å². The molecule has 0 aliphatic heterocycles. The average Bonchev–Trinajstić information content (AvgIpc) is 2.84. The Hall–Kier alpha value is -3.71. The molecule has 6 nitrogen and oxygen atoms in total. The Morgan fingerprint density at radius 1 is 1.15 bits per heavy atom. The maximum Gasteiger partial charge on any atom is 0.282 e. The zero-order chi connectivity index (χ0) is 24.1. The van der Waals surface area contributed by atoms with Crippen molar-refractivity contribution in [2.75, 3.05) is 7.11 Å². The standard InChI is InChI=1S/C27H24BrN3O3/c1-4-8-21-13-20(14-25(33-3)26(21)34-17-19-9-6-5-7-10-19)16-29-31-18(2)30-24-12-11-22(28)15-23(24)27(31)32/h4-7,9-16H,1,8,17H2,2-3H3. The summed E-state index contributed by atoms with van der Waals surface area (Å²) in [6.07, 6.45) is 4.02. The predicted molar refractivity (Wildman–Crippen MR) is 139 cm³/mol. The van der Waals surface area contributed by atoms with Crippen LogP contribution in [0.5, 0.6) is 11.5 Å². The van der Waals surface area contributed by atoms with Crippen LogP contribution in [0.15, 0.2) is 87.7 Å². The quantitative estimate of drug-likeness (QED) is 0.223. The molecule has 0 N–H and O–H groups in total. The Morgan fingerprint density at radius 2 is 1.94 bits per heavy atom. The zero-order valence-corrected chi connectivity index (χ0v) is 20.6. The van der Waals surface area contributed by atoms with Crippen molar-refractivity contribution in [2.45, 2.75) is 20.0 Å². The Balaban J connectivity index is 1.70. The number of hydrogen-bond donors (Lipinski definition) is 0. The number of aromatic nitrogens is 2. The van der Waals surface area contributed by atoms with Gasteiger partial charge in [0.05, 0.1) is 24.2 Å². The summed E-state index contributed by atoms with van der Waals surface area (Å²) < 4.78 is 13.9. The van der Waals surface area contributed by atoms with E-state index in [2.05, 4.69) is 32.6 Å². The first-order chi connectivity index (χ1) is 16.5. The third-order valence-electron chi connectivity index (χ3n) is 5.26. The average molecular weight is 518 g/mol. The number of fused-ring (bicyclic) bond motifs is 1. The molecule has 1 aromatic heterocycles. The van der Waals surface area contributed by atoms with Crippen LogP contribution in [-0.2, 0) is 13.0 Å². The molecular formula is C27H24BrN3O3. The predicted octanol–water partition coefficient (Wildman–Crippen LogP) is 5.67. The molecule has 4 rings (SSSR count). The lowest BCUT2D eigenvalue weighted by atomic mass is 10.1. The Labute approximate surface area is 206 Å². The minimum absolute atomic E-state index is 0.235. The first-order valence-corrected chi connectivity index (χ1v) is 11.5. The fourth-order valence-corrected chi connectivity index (χ4v) is 3.99. The Kier molecular flexibility index (Phi) is 7.23. The van der Waals surface area contributed by atoms with Gasteiger partial charge in [-0.05, 0) is 54.8 Å². The highest BCUT2D eigenvalue weighted by atomic mass is 79.9. The highest BCUT2D eigenvalue weighted by Crippen LogP contribution is 2.34. The van der Waals surface area contributed by atoms with Crippen LogP contribution in [0.3, 0.4) is 0 Å². The van der Waals surface area contributed by atoms with Crippen molar-refractivity contribution in [3.05, 3.63) is 111 Å². The summed E-state index contributed by atoms with van der Waals surface area (Å²) in [7, 11) is 1.60. The molecular weight excluding hydrogens is 494 g/mol. The summed E-state index contributed by atoms with van der Waals surface area (Å²) >= 11 is 3.41. The smallest absolute Gasteiger partial charge is 0.282 e. The number of hydrogen-bond acceptors (Lipinski definition) is 5. The van der Waals surface area contributed by atoms with Gasteiger partial charge in [-0.3, -0.25) is 4.79 Å². The van der Waals surface area contributed by atoms with Crippen LogP contribution < -0.4 is 15.0 Å². The van der Waals surface area contributed by atoms with Crippen molar-refractivity contribution in [3.8, 4) is 11.5 Å². The molecule has 3 aromatic carbocycles. The molecule has 0 bridgehead atoms. The van der Waals surface area contributed by atoms with E-state index in [0.29, 0.717) is 41.3 Å². The van der Waals surface area contributed by atoms with E-state index in [0.717, 1.165) is 21.2 Å². The van der Waals surface area contributed by atoms with E-state index in [1.54, 1.807) is 26.3 Å². The van der Waals surface area contributed by atoms with Gasteiger partial charge in [-0.25, -0.2) is 4.98 Å². The lowest BCUT2D eigenvalue weighted by Crippen LogP contribution is -2.20. The van der Waals surface area contributed by atoms with Gasteiger partial charge in [-0.15, -0.1) is 6.58 Å². The Bertz CT molecular complexity index is 1430. The van der Waals surface area contributed by atoms with E-state index in [1.165, 1.54) is 4.68 Å². The fraction of sp³-hybridized carbons (Fsp3) is 0.148. The lowest BCUT2D eigenvalue weighted by molar-refractivity contribution is 0.282. The molecule has 0 atom stereocenters. The molecule has 0 fully saturated rings. The van der Waals surface area contributed by atoms with E-state index >= 15 is 0 Å². The number of aryl methyl sites for hydroxylation is 1. The summed E-state index contributed by atoms with van der Waals surface area (Å²) in [5.74, 6) is 1.74. The van der Waals surface area contributed by atoms with Crippen LogP contribution in [0.4, 0.5) is 0 Å². The molecule has 0 radical (unpaired) electrons. The van der Waals surface area contributed by atoms with Gasteiger partial charge in [-0.1, -0.05) is 52.3 Å². The van der Waals surface area contributed by atoms with Crippen molar-refractivity contribution in [1.29, 1.82) is 0 Å². The highest BCUT2D eigenvalue weighted by Gasteiger charge is 2.13. The van der Waals surface area contributed by atoms with Gasteiger partial charge in [-0.2, -0.15) is 9.78 Å². The van der Waals surface area contributed by atoms with Gasteiger partial charge >= 0.3 is 0 Å². The van der Waals surface area contributed by atoms with Gasteiger partial charge in [0.1, 0.15) is 12.4 Å². The molecule has 4 aromatic rings. The second kappa shape index (κ2) is 10.5. The van der Waals surface area contributed by atoms with Crippen molar-refractivity contribution in [2.24, 2.45) is 5.10 Å². The van der Waals surface area contributed by atoms with Crippen LogP contribution in [0, 0.1) is 6.92 Å². The molecule has 0 unspecified atom stereocenters. The number of halogens is 1. The van der Waals surface area contributed by atoms with Gasteiger partial charge in [0, 0.05) is 10.0 Å². The van der Waals surface area contributed by atoms with E-state index in [1.807, 2.05) is 60.7 Å². The van der Waals surface area contributed by atoms with Crippen molar-refractivity contribution in [1.82, 2.24) is 9.66 Å². The normalized spacial score (nSPS) is 11.1. The van der Waals surface area contributed by atoms with Gasteiger partial charge in [0.2, 0.25) is 0 Å². The SMILES string of the molecule is C=CCc1cc(C=Nn2c(C)nc3ccc(Br)cc3c2=O)cc(OC)c1OCc1ccccc1. The Morgan fingerprint density at radius 3 is 2.68 bits per heavy atom. The summed E-state index contributed by atoms with van der Waals surface area (Å²) in [5, 5.41) is 4.93. The topological polar surface area (TPSA) is 65.7 Å². The van der Waals surface area contributed by atoms with Crippen LogP contribution in [0.25, 0.3) is 10.9 Å². The van der Waals surface area contributed by atoms with Crippen LogP contribution in [0.1, 0.15) is 22.5 Å². The third kappa shape index (κ3) is 5.10. The summed E-state index contributed by atoms with van der Waals surface area (Å²) in [6, 6.07) is 19.2. The number of nitrogens with zero attached hydrogens (tertiary/aromatic N) is 3. The van der Waals surface area contributed by atoms with Gasteiger partial charge in [0.15, 0.2) is 11.5 Å². The zero-order valence-electron chi connectivity index (χ0n) is 19.0. The van der Waals surface area contributed by atoms with Gasteiger partial charge in [0.25, 0.3) is 5.56 Å². The largest absolute Gasteiger partial charge is 0.493 e. The number of ether oxygens (including phenoxy) is 2. The van der Waals surface area contributed by atoms with Crippen molar-refractivity contribution in [3.63, 3.8) is 0 Å². The molecule has 0 aliphatic rings. The summed E-state index contributed by atoms with van der Waals surface area (Å²) in [5.41, 5.74) is 3.14. The second-order valence-electron chi connectivity index (χ2n) is 7.66. The first-order valence-electron chi connectivity index (χ1n) is 10.7. The van der Waals surface area contributed by atoms with E-state index in [4.69, 9.17) is 9.47 Å². The number of benzene rings is 3. The molecule has 0 saturated carbocycles. The molecule has 0 amide bonds. The molecule has 0 saturated heterocycles. The third-order valence-corrected chi connectivity index (χ3v) is 5.75. The van der Waals surface area contributed by atoms with Crippen LogP contribution in [0.2, 0.25) is 0 Å². The van der Waals surface area contributed by atoms with Crippen molar-refractivity contribution >= 4 is 33.0 Å². The molecule has 172 valence electrons. The molecule has 7 heteroatoms. The summed E-state index contributed by atoms with van der Waals surface area (Å²) in [4.78, 5) is 17.5. The van der Waals surface area contributed by atoms with E-state index in [-0.39, 0.29) is 5.56 Å². The fourth-order valence-electron chi connectivity index (χ4n) is 3.63. The maximum atomic E-state index is 13.0. The van der Waals surface area contributed by atoms with Crippen molar-refractivity contribution < 1.29 is 9.47 Å². The molecule has 0 spiro atoms. The monoisotopic (exact) mass is 517 g/mol. The number of rotatable bonds is 8. The lowest BCUT2D eigenvalue weighted by Gasteiger charge is -2.16. The number of methoxy groups -OCH3 is 1. The van der Waals surface area contributed by atoms with Crippen LogP contribution >= 0.6 is 15.9 Å². The molecule has 0 aliphatic carbocycles. The molecule has 1 heterocycles. The molecule has 34 heavy (non-hydrogen) atoms. The summed E-state index contributed by atoms with van der Waals surface area (Å²) in [6.45, 7) is 6.04. The highest BCUT2D eigenvalue weighted by molar-refractivity contribution is 9.10. The minimum Gasteiger partial charge on any atom is -0.493 e. The second-order valence-corrected chi connectivity index (χ2v) is 8.58. The number of allylic oxidation sites excluding steroid dienone is 1. The minimum atomic E-state index is -0.235. The first kappa shape index (κ1) is 23.4. The van der Waals surface area contributed by atoms with E-state index in [9.17, 15) is 4.79 Å². The van der Waals surface area contributed by atoms with E-state index < -0.39 is 0 Å². The maximum absolute atomic E-state index is 13.0.